The minimum absolute atomic E-state index is 0.0374. The van der Waals surface area contributed by atoms with Gasteiger partial charge in [0.05, 0.1) is 12.1 Å². The van der Waals surface area contributed by atoms with E-state index in [9.17, 15) is 9.90 Å². The third-order valence-corrected chi connectivity index (χ3v) is 3.99. The number of hydrogen-bond donors (Lipinski definition) is 2. The second kappa shape index (κ2) is 6.26. The van der Waals surface area contributed by atoms with Gasteiger partial charge in [-0.25, -0.2) is 4.98 Å². The van der Waals surface area contributed by atoms with Gasteiger partial charge in [-0.1, -0.05) is 11.6 Å². The molecule has 1 aromatic carbocycles. The number of nitrogens with zero attached hydrogens (tertiary/aromatic N) is 1. The van der Waals surface area contributed by atoms with E-state index in [0.29, 0.717) is 22.2 Å². The van der Waals surface area contributed by atoms with Crippen LogP contribution in [-0.4, -0.2) is 22.5 Å². The topological polar surface area (TPSA) is 75.4 Å². The van der Waals surface area contributed by atoms with E-state index in [4.69, 9.17) is 16.0 Å². The van der Waals surface area contributed by atoms with Crippen LogP contribution in [0.3, 0.4) is 0 Å². The Morgan fingerprint density at radius 2 is 2.08 bits per heavy atom. The quantitative estimate of drug-likeness (QED) is 0.711. The van der Waals surface area contributed by atoms with Gasteiger partial charge < -0.3 is 14.8 Å². The Bertz CT molecular complexity index is 902. The van der Waals surface area contributed by atoms with Crippen LogP contribution in [0.15, 0.2) is 46.9 Å². The van der Waals surface area contributed by atoms with Crippen LogP contribution in [0.4, 0.5) is 0 Å². The first kappa shape index (κ1) is 16.5. The number of nitrogens with one attached hydrogen (secondary N) is 1. The van der Waals surface area contributed by atoms with Gasteiger partial charge in [0.2, 0.25) is 0 Å². The first-order chi connectivity index (χ1) is 11.3. The lowest BCUT2D eigenvalue weighted by Gasteiger charge is -2.21. The minimum atomic E-state index is -1.28. The molecule has 0 fully saturated rings. The minimum Gasteiger partial charge on any atom is -0.463 e. The van der Waals surface area contributed by atoms with Crippen LogP contribution in [0, 0.1) is 6.92 Å². The summed E-state index contributed by atoms with van der Waals surface area (Å²) in [5.41, 5.74) is -0.0780. The van der Waals surface area contributed by atoms with Crippen LogP contribution in [0.2, 0.25) is 5.15 Å². The highest BCUT2D eigenvalue weighted by Crippen LogP contribution is 2.22. The summed E-state index contributed by atoms with van der Waals surface area (Å²) in [6.45, 7) is 3.43. The largest absolute Gasteiger partial charge is 0.463 e. The fraction of sp³-hybridized carbons (Fsp3) is 0.222. The van der Waals surface area contributed by atoms with Crippen LogP contribution < -0.4 is 5.32 Å². The zero-order chi connectivity index (χ0) is 17.3. The second-order valence-electron chi connectivity index (χ2n) is 5.91. The van der Waals surface area contributed by atoms with E-state index in [0.717, 1.165) is 10.9 Å². The number of aromatic nitrogens is 1. The standard InChI is InChI=1S/C18H17ClN2O3/c1-11-3-7-15(24-11)18(2,23)10-20-17(22)13-4-6-14-12(9-13)5-8-16(19)21-14/h3-9,23H,10H2,1-2H3,(H,20,22). The third-order valence-electron chi connectivity index (χ3n) is 3.78. The molecule has 0 saturated heterocycles. The third kappa shape index (κ3) is 3.42. The summed E-state index contributed by atoms with van der Waals surface area (Å²) in [6.07, 6.45) is 0. The zero-order valence-electron chi connectivity index (χ0n) is 13.3. The molecule has 124 valence electrons. The number of rotatable bonds is 4. The Morgan fingerprint density at radius 1 is 1.29 bits per heavy atom. The average molecular weight is 345 g/mol. The van der Waals surface area contributed by atoms with Crippen molar-refractivity contribution in [1.29, 1.82) is 0 Å². The maximum Gasteiger partial charge on any atom is 0.251 e. The molecule has 0 saturated carbocycles. The summed E-state index contributed by atoms with van der Waals surface area (Å²) in [4.78, 5) is 16.5. The molecule has 1 atom stereocenters. The van der Waals surface area contributed by atoms with Gasteiger partial charge in [-0.2, -0.15) is 0 Å². The van der Waals surface area contributed by atoms with Crippen molar-refractivity contribution in [3.63, 3.8) is 0 Å². The van der Waals surface area contributed by atoms with E-state index < -0.39 is 5.60 Å². The number of aliphatic hydroxyl groups is 1. The normalized spacial score (nSPS) is 13.7. The highest BCUT2D eigenvalue weighted by Gasteiger charge is 2.27. The van der Waals surface area contributed by atoms with E-state index in [1.54, 1.807) is 50.2 Å². The molecule has 0 spiro atoms. The van der Waals surface area contributed by atoms with Crippen LogP contribution in [0.5, 0.6) is 0 Å². The molecule has 0 radical (unpaired) electrons. The number of furan rings is 1. The monoisotopic (exact) mass is 344 g/mol. The fourth-order valence-electron chi connectivity index (χ4n) is 2.41. The molecule has 1 unspecified atom stereocenters. The molecule has 3 aromatic rings. The Labute approximate surface area is 144 Å². The SMILES string of the molecule is Cc1ccc(C(C)(O)CNC(=O)c2ccc3nc(Cl)ccc3c2)o1. The molecule has 2 aromatic heterocycles. The van der Waals surface area contributed by atoms with Gasteiger partial charge in [0, 0.05) is 10.9 Å². The van der Waals surface area contributed by atoms with Crippen LogP contribution in [-0.2, 0) is 5.60 Å². The Balaban J connectivity index is 1.74. The number of fused-ring (bicyclic) bond motifs is 1. The number of pyridine rings is 1. The van der Waals surface area contributed by atoms with Crippen molar-refractivity contribution < 1.29 is 14.3 Å². The number of aryl methyl sites for hydroxylation is 1. The summed E-state index contributed by atoms with van der Waals surface area (Å²) in [5, 5.41) is 14.4. The molecule has 2 heterocycles. The van der Waals surface area contributed by atoms with Crippen LogP contribution in [0.25, 0.3) is 10.9 Å². The van der Waals surface area contributed by atoms with Crippen molar-refractivity contribution >= 4 is 28.4 Å². The molecule has 5 nitrogen and oxygen atoms in total. The molecule has 0 aliphatic rings. The van der Waals surface area contributed by atoms with E-state index in [1.807, 2.05) is 6.07 Å². The number of carbonyl (C=O) groups excluding carboxylic acids is 1. The Hall–Kier alpha value is -2.37. The second-order valence-corrected chi connectivity index (χ2v) is 6.30. The zero-order valence-corrected chi connectivity index (χ0v) is 14.1. The van der Waals surface area contributed by atoms with Crippen molar-refractivity contribution in [2.75, 3.05) is 6.54 Å². The predicted molar refractivity (Wildman–Crippen MR) is 92.1 cm³/mol. The Kier molecular flexibility index (Phi) is 4.30. The molecular weight excluding hydrogens is 328 g/mol. The first-order valence-corrected chi connectivity index (χ1v) is 7.87. The predicted octanol–water partition coefficient (Wildman–Crippen LogP) is 3.43. The van der Waals surface area contributed by atoms with Gasteiger partial charge in [-0.15, -0.1) is 0 Å². The van der Waals surface area contributed by atoms with Crippen molar-refractivity contribution in [1.82, 2.24) is 10.3 Å². The molecule has 0 aliphatic carbocycles. The summed E-state index contributed by atoms with van der Waals surface area (Å²) in [6, 6.07) is 12.1. The number of amides is 1. The summed E-state index contributed by atoms with van der Waals surface area (Å²) < 4.78 is 5.43. The van der Waals surface area contributed by atoms with E-state index in [1.165, 1.54) is 0 Å². The van der Waals surface area contributed by atoms with Gasteiger partial charge in [0.25, 0.3) is 5.91 Å². The average Bonchev–Trinajstić information content (AvgIpc) is 2.99. The molecule has 1 amide bonds. The van der Waals surface area contributed by atoms with E-state index in [-0.39, 0.29) is 12.5 Å². The lowest BCUT2D eigenvalue weighted by molar-refractivity contribution is 0.0323. The molecular formula is C18H17ClN2O3. The lowest BCUT2D eigenvalue weighted by Crippen LogP contribution is -2.38. The molecule has 6 heteroatoms. The molecule has 3 rings (SSSR count). The number of benzene rings is 1. The van der Waals surface area contributed by atoms with Crippen molar-refractivity contribution in [2.45, 2.75) is 19.4 Å². The highest BCUT2D eigenvalue weighted by atomic mass is 35.5. The number of hydrogen-bond acceptors (Lipinski definition) is 4. The fourth-order valence-corrected chi connectivity index (χ4v) is 2.56. The molecule has 0 bridgehead atoms. The van der Waals surface area contributed by atoms with Crippen LogP contribution in [0.1, 0.15) is 28.8 Å². The van der Waals surface area contributed by atoms with Gasteiger partial charge in [-0.05, 0) is 56.3 Å². The van der Waals surface area contributed by atoms with Gasteiger partial charge >= 0.3 is 0 Å². The van der Waals surface area contributed by atoms with Crippen LogP contribution >= 0.6 is 11.6 Å². The van der Waals surface area contributed by atoms with Gasteiger partial charge in [0.1, 0.15) is 22.3 Å². The summed E-state index contributed by atoms with van der Waals surface area (Å²) in [7, 11) is 0. The van der Waals surface area contributed by atoms with Gasteiger partial charge in [-0.3, -0.25) is 4.79 Å². The summed E-state index contributed by atoms with van der Waals surface area (Å²) in [5.74, 6) is 0.838. The molecule has 0 aliphatic heterocycles. The number of halogens is 1. The van der Waals surface area contributed by atoms with E-state index >= 15 is 0 Å². The van der Waals surface area contributed by atoms with Crippen molar-refractivity contribution in [3.8, 4) is 0 Å². The number of carbonyl (C=O) groups is 1. The summed E-state index contributed by atoms with van der Waals surface area (Å²) >= 11 is 5.85. The first-order valence-electron chi connectivity index (χ1n) is 7.49. The van der Waals surface area contributed by atoms with Crippen molar-refractivity contribution in [3.05, 3.63) is 64.7 Å². The lowest BCUT2D eigenvalue weighted by atomic mass is 10.0. The highest BCUT2D eigenvalue weighted by molar-refractivity contribution is 6.29. The van der Waals surface area contributed by atoms with Gasteiger partial charge in [0.15, 0.2) is 0 Å². The van der Waals surface area contributed by atoms with Crippen molar-refractivity contribution in [2.24, 2.45) is 0 Å². The molecule has 24 heavy (non-hydrogen) atoms. The molecule has 2 N–H and O–H groups in total. The maximum atomic E-state index is 12.3. The van der Waals surface area contributed by atoms with E-state index in [2.05, 4.69) is 10.3 Å². The maximum absolute atomic E-state index is 12.3. The smallest absolute Gasteiger partial charge is 0.251 e. The Morgan fingerprint density at radius 3 is 2.79 bits per heavy atom.